The predicted molar refractivity (Wildman–Crippen MR) is 132 cm³/mol. The maximum Gasteiger partial charge on any atom is 0.256 e. The molecule has 7 nitrogen and oxygen atoms in total. The number of anilines is 1. The Hall–Kier alpha value is -3.52. The predicted octanol–water partition coefficient (Wildman–Crippen LogP) is 5.09. The molecule has 0 bridgehead atoms. The first-order valence-corrected chi connectivity index (χ1v) is 13.1. The highest BCUT2D eigenvalue weighted by Crippen LogP contribution is 2.30. The van der Waals surface area contributed by atoms with Gasteiger partial charge >= 0.3 is 0 Å². The molecular weight excluding hydrogens is 448 g/mol. The fourth-order valence-corrected chi connectivity index (χ4v) is 6.40. The van der Waals surface area contributed by atoms with E-state index in [0.717, 1.165) is 18.4 Å². The second kappa shape index (κ2) is 9.02. The van der Waals surface area contributed by atoms with Gasteiger partial charge in [-0.2, -0.15) is 5.10 Å². The van der Waals surface area contributed by atoms with Gasteiger partial charge in [0.2, 0.25) is 0 Å². The Kier molecular flexibility index (Phi) is 5.91. The molecule has 2 aromatic carbocycles. The van der Waals surface area contributed by atoms with Gasteiger partial charge in [-0.1, -0.05) is 43.2 Å². The third-order valence-electron chi connectivity index (χ3n) is 6.40. The molecule has 1 fully saturated rings. The van der Waals surface area contributed by atoms with Crippen molar-refractivity contribution >= 4 is 32.5 Å². The number of hydrogen-bond acceptors (Lipinski definition) is 5. The van der Waals surface area contributed by atoms with Crippen LogP contribution in [0.4, 0.5) is 5.69 Å². The molecule has 4 aromatic rings. The van der Waals surface area contributed by atoms with Gasteiger partial charge < -0.3 is 5.32 Å². The summed E-state index contributed by atoms with van der Waals surface area (Å²) in [5.41, 5.74) is 3.23. The Morgan fingerprint density at radius 1 is 1.06 bits per heavy atom. The Labute approximate surface area is 198 Å². The highest BCUT2D eigenvalue weighted by Gasteiger charge is 2.30. The molecule has 0 spiro atoms. The van der Waals surface area contributed by atoms with Gasteiger partial charge in [-0.05, 0) is 50.1 Å². The lowest BCUT2D eigenvalue weighted by Gasteiger charge is -2.12. The van der Waals surface area contributed by atoms with Crippen molar-refractivity contribution in [1.29, 1.82) is 0 Å². The number of aryl methyl sites for hydroxylation is 1. The second-order valence-electron chi connectivity index (χ2n) is 8.55. The molecule has 0 aliphatic heterocycles. The summed E-state index contributed by atoms with van der Waals surface area (Å²) in [5.74, 6) is -0.299. The average molecular weight is 475 g/mol. The summed E-state index contributed by atoms with van der Waals surface area (Å²) < 4.78 is 27.4. The maximum absolute atomic E-state index is 13.3. The van der Waals surface area contributed by atoms with Crippen LogP contribution in [-0.4, -0.2) is 34.3 Å². The van der Waals surface area contributed by atoms with Crippen molar-refractivity contribution in [3.05, 3.63) is 72.4 Å². The van der Waals surface area contributed by atoms with Crippen LogP contribution in [0.1, 0.15) is 43.0 Å². The summed E-state index contributed by atoms with van der Waals surface area (Å²) in [6.45, 7) is 2.61. The van der Waals surface area contributed by atoms with E-state index in [9.17, 15) is 13.2 Å². The van der Waals surface area contributed by atoms with Crippen molar-refractivity contribution < 1.29 is 13.2 Å². The van der Waals surface area contributed by atoms with Crippen LogP contribution in [0.2, 0.25) is 0 Å². The monoisotopic (exact) mass is 474 g/mol. The summed E-state index contributed by atoms with van der Waals surface area (Å²) >= 11 is 0. The number of fused-ring (bicyclic) bond motifs is 1. The van der Waals surface area contributed by atoms with Gasteiger partial charge in [0.25, 0.3) is 5.91 Å². The maximum atomic E-state index is 13.3. The SMILES string of the molecule is CCn1ncc2c(C(=O)Nc3ccc(S(=O)(=O)C4CCCC4)cc3)cc(-c3ccccc3)nc21. The lowest BCUT2D eigenvalue weighted by molar-refractivity contribution is 0.102. The Balaban J connectivity index is 1.46. The van der Waals surface area contributed by atoms with Crippen molar-refractivity contribution in [2.75, 3.05) is 5.32 Å². The molecule has 1 aliphatic rings. The third-order valence-corrected chi connectivity index (χ3v) is 8.68. The normalized spacial score (nSPS) is 14.5. The smallest absolute Gasteiger partial charge is 0.256 e. The van der Waals surface area contributed by atoms with E-state index >= 15 is 0 Å². The Morgan fingerprint density at radius 2 is 1.76 bits per heavy atom. The zero-order valence-electron chi connectivity index (χ0n) is 18.9. The summed E-state index contributed by atoms with van der Waals surface area (Å²) in [6.07, 6.45) is 5.00. The third kappa shape index (κ3) is 4.09. The number of sulfone groups is 1. The highest BCUT2D eigenvalue weighted by molar-refractivity contribution is 7.92. The van der Waals surface area contributed by atoms with Crippen LogP contribution in [0.25, 0.3) is 22.3 Å². The van der Waals surface area contributed by atoms with E-state index in [4.69, 9.17) is 4.98 Å². The lowest BCUT2D eigenvalue weighted by atomic mass is 10.1. The first-order valence-electron chi connectivity index (χ1n) is 11.5. The highest BCUT2D eigenvalue weighted by atomic mass is 32.2. The van der Waals surface area contributed by atoms with Crippen LogP contribution in [0.15, 0.2) is 71.8 Å². The fraction of sp³-hybridized carbons (Fsp3) is 0.269. The van der Waals surface area contributed by atoms with Crippen molar-refractivity contribution in [3.8, 4) is 11.3 Å². The van der Waals surface area contributed by atoms with Crippen molar-refractivity contribution in [2.45, 2.75) is 49.3 Å². The van der Waals surface area contributed by atoms with Crippen molar-refractivity contribution in [2.24, 2.45) is 0 Å². The minimum atomic E-state index is -3.33. The van der Waals surface area contributed by atoms with Crippen molar-refractivity contribution in [1.82, 2.24) is 14.8 Å². The molecule has 8 heteroatoms. The number of pyridine rings is 1. The zero-order valence-corrected chi connectivity index (χ0v) is 19.8. The van der Waals surface area contributed by atoms with Crippen molar-refractivity contribution in [3.63, 3.8) is 0 Å². The first kappa shape index (κ1) is 22.3. The number of amides is 1. The van der Waals surface area contributed by atoms with Crippen LogP contribution >= 0.6 is 0 Å². The minimum Gasteiger partial charge on any atom is -0.322 e. The van der Waals surface area contributed by atoms with E-state index in [1.165, 1.54) is 0 Å². The quantitative estimate of drug-likeness (QED) is 0.420. The summed E-state index contributed by atoms with van der Waals surface area (Å²) in [5, 5.41) is 7.65. The molecule has 2 aromatic heterocycles. The van der Waals surface area contributed by atoms with E-state index in [1.807, 2.05) is 37.3 Å². The first-order chi connectivity index (χ1) is 16.5. The number of rotatable bonds is 6. The molecule has 5 rings (SSSR count). The van der Waals surface area contributed by atoms with Crippen LogP contribution in [0.5, 0.6) is 0 Å². The number of aromatic nitrogens is 3. The molecular formula is C26H26N4O3S. The molecule has 0 atom stereocenters. The van der Waals surface area contributed by atoms with E-state index in [1.54, 1.807) is 41.2 Å². The van der Waals surface area contributed by atoms with Crippen LogP contribution in [0, 0.1) is 0 Å². The number of hydrogen-bond donors (Lipinski definition) is 1. The summed E-state index contributed by atoms with van der Waals surface area (Å²) in [7, 11) is -3.33. The number of nitrogens with one attached hydrogen (secondary N) is 1. The van der Waals surface area contributed by atoms with Crippen LogP contribution in [0.3, 0.4) is 0 Å². The number of nitrogens with zero attached hydrogens (tertiary/aromatic N) is 3. The van der Waals surface area contributed by atoms with Gasteiger partial charge in [-0.15, -0.1) is 0 Å². The molecule has 0 radical (unpaired) electrons. The van der Waals surface area contributed by atoms with Gasteiger partial charge in [0, 0.05) is 17.8 Å². The molecule has 0 saturated heterocycles. The van der Waals surface area contributed by atoms with Gasteiger partial charge in [0.15, 0.2) is 15.5 Å². The summed E-state index contributed by atoms with van der Waals surface area (Å²) in [6, 6.07) is 17.9. The molecule has 174 valence electrons. The molecule has 34 heavy (non-hydrogen) atoms. The molecule has 1 aliphatic carbocycles. The Morgan fingerprint density at radius 3 is 2.44 bits per heavy atom. The molecule has 0 unspecified atom stereocenters. The standard InChI is InChI=1S/C26H26N4O3S/c1-2-30-25-23(17-27-30)22(16-24(29-25)18-8-4-3-5-9-18)26(31)28-19-12-14-21(15-13-19)34(32,33)20-10-6-7-11-20/h3-5,8-9,12-17,20H,2,6-7,10-11H2,1H3,(H,28,31). The van der Waals surface area contributed by atoms with Gasteiger partial charge in [0.1, 0.15) is 0 Å². The Bertz CT molecular complexity index is 1440. The van der Waals surface area contributed by atoms with Gasteiger partial charge in [-0.3, -0.25) is 4.79 Å². The molecule has 1 N–H and O–H groups in total. The van der Waals surface area contributed by atoms with E-state index in [2.05, 4.69) is 10.4 Å². The summed E-state index contributed by atoms with van der Waals surface area (Å²) in [4.78, 5) is 18.4. The van der Waals surface area contributed by atoms with Crippen LogP contribution in [-0.2, 0) is 16.4 Å². The molecule has 2 heterocycles. The number of carbonyl (C=O) groups is 1. The number of benzene rings is 2. The van der Waals surface area contributed by atoms with Gasteiger partial charge in [0.05, 0.1) is 33.0 Å². The number of carbonyl (C=O) groups excluding carboxylic acids is 1. The van der Waals surface area contributed by atoms with E-state index in [0.29, 0.717) is 52.3 Å². The largest absolute Gasteiger partial charge is 0.322 e. The second-order valence-corrected chi connectivity index (χ2v) is 10.8. The fourth-order valence-electron chi connectivity index (χ4n) is 4.54. The van der Waals surface area contributed by atoms with E-state index in [-0.39, 0.29) is 11.2 Å². The minimum absolute atomic E-state index is 0.299. The average Bonchev–Trinajstić information content (AvgIpc) is 3.55. The van der Waals surface area contributed by atoms with Gasteiger partial charge in [-0.25, -0.2) is 18.1 Å². The molecule has 1 saturated carbocycles. The zero-order chi connectivity index (χ0) is 23.7. The molecule has 1 amide bonds. The lowest BCUT2D eigenvalue weighted by Crippen LogP contribution is -2.18. The van der Waals surface area contributed by atoms with Crippen LogP contribution < -0.4 is 5.32 Å². The topological polar surface area (TPSA) is 94.0 Å². The van der Waals surface area contributed by atoms with E-state index < -0.39 is 9.84 Å².